The van der Waals surface area contributed by atoms with Crippen molar-refractivity contribution in [1.82, 2.24) is 0 Å². The molecule has 3 nitrogen and oxygen atoms in total. The van der Waals surface area contributed by atoms with Gasteiger partial charge in [-0.15, -0.1) is 19.0 Å². The first-order valence-electron chi connectivity index (χ1n) is 5.23. The van der Waals surface area contributed by atoms with Gasteiger partial charge in [-0.05, 0) is 39.0 Å². The molecule has 0 aromatic heterocycles. The van der Waals surface area contributed by atoms with E-state index >= 15 is 0 Å². The summed E-state index contributed by atoms with van der Waals surface area (Å²) in [6, 6.07) is 4.66. The van der Waals surface area contributed by atoms with Crippen molar-refractivity contribution in [3.8, 4) is 11.5 Å². The molecule has 1 atom stereocenters. The molecular formula is C13H20ClNO2. The Labute approximate surface area is 109 Å². The number of phenolic OH excluding ortho intramolecular Hbond substituents is 1. The first-order chi connectivity index (χ1) is 7.33. The van der Waals surface area contributed by atoms with E-state index in [4.69, 9.17) is 10.5 Å². The predicted molar refractivity (Wildman–Crippen MR) is 72.9 cm³/mol. The lowest BCUT2D eigenvalue weighted by molar-refractivity contribution is 0.130. The lowest BCUT2D eigenvalue weighted by Crippen LogP contribution is -2.23. The highest BCUT2D eigenvalue weighted by Gasteiger charge is 2.14. The molecule has 0 aliphatic rings. The molecule has 17 heavy (non-hydrogen) atoms. The van der Waals surface area contributed by atoms with Gasteiger partial charge in [-0.2, -0.15) is 0 Å². The Bertz CT molecular complexity index is 385. The van der Waals surface area contributed by atoms with E-state index in [0.717, 1.165) is 0 Å². The zero-order chi connectivity index (χ0) is 12.3. The highest BCUT2D eigenvalue weighted by molar-refractivity contribution is 5.85. The molecule has 0 bridgehead atoms. The number of benzene rings is 1. The number of phenols is 1. The highest BCUT2D eigenvalue weighted by Crippen LogP contribution is 2.29. The maximum atomic E-state index is 9.65. The molecule has 1 aromatic rings. The van der Waals surface area contributed by atoms with Gasteiger partial charge in [0.2, 0.25) is 0 Å². The summed E-state index contributed by atoms with van der Waals surface area (Å²) in [4.78, 5) is 0. The molecule has 0 aliphatic carbocycles. The van der Waals surface area contributed by atoms with E-state index in [1.165, 1.54) is 0 Å². The Morgan fingerprint density at radius 2 is 2.00 bits per heavy atom. The van der Waals surface area contributed by atoms with Gasteiger partial charge in [0.15, 0.2) is 0 Å². The minimum Gasteiger partial charge on any atom is -0.508 e. The molecule has 0 fully saturated rings. The zero-order valence-electron chi connectivity index (χ0n) is 10.4. The molecule has 0 saturated heterocycles. The predicted octanol–water partition coefficient (Wildman–Crippen LogP) is 3.18. The summed E-state index contributed by atoms with van der Waals surface area (Å²) >= 11 is 0. The number of aromatic hydroxyl groups is 1. The van der Waals surface area contributed by atoms with Crippen molar-refractivity contribution in [3.63, 3.8) is 0 Å². The molecule has 0 amide bonds. The second-order valence-corrected chi connectivity index (χ2v) is 4.70. The Balaban J connectivity index is 0.00000256. The zero-order valence-corrected chi connectivity index (χ0v) is 11.3. The van der Waals surface area contributed by atoms with Gasteiger partial charge in [0.1, 0.15) is 17.1 Å². The van der Waals surface area contributed by atoms with Crippen LogP contribution in [0.1, 0.15) is 32.4 Å². The first-order valence-corrected chi connectivity index (χ1v) is 5.23. The van der Waals surface area contributed by atoms with Crippen molar-refractivity contribution < 1.29 is 9.84 Å². The van der Waals surface area contributed by atoms with Crippen LogP contribution in [0.4, 0.5) is 0 Å². The van der Waals surface area contributed by atoms with Gasteiger partial charge in [-0.3, -0.25) is 0 Å². The third kappa shape index (κ3) is 4.67. The molecule has 1 aromatic carbocycles. The number of hydrogen-bond acceptors (Lipinski definition) is 3. The van der Waals surface area contributed by atoms with Gasteiger partial charge in [0, 0.05) is 5.56 Å². The second-order valence-electron chi connectivity index (χ2n) is 4.70. The van der Waals surface area contributed by atoms with Crippen LogP contribution in [0.2, 0.25) is 0 Å². The third-order valence-electron chi connectivity index (χ3n) is 2.04. The van der Waals surface area contributed by atoms with E-state index < -0.39 is 0 Å². The van der Waals surface area contributed by atoms with E-state index in [2.05, 4.69) is 6.58 Å². The summed E-state index contributed by atoms with van der Waals surface area (Å²) in [6.07, 6.45) is 1.58. The quantitative estimate of drug-likeness (QED) is 0.818. The molecule has 0 saturated carbocycles. The smallest absolute Gasteiger partial charge is 0.120 e. The number of hydrogen-bond donors (Lipinski definition) is 2. The van der Waals surface area contributed by atoms with E-state index in [9.17, 15) is 5.11 Å². The molecule has 0 heterocycles. The Morgan fingerprint density at radius 3 is 2.47 bits per heavy atom. The van der Waals surface area contributed by atoms with E-state index in [1.54, 1.807) is 24.3 Å². The van der Waals surface area contributed by atoms with Crippen LogP contribution in [0.3, 0.4) is 0 Å². The first kappa shape index (κ1) is 15.8. The topological polar surface area (TPSA) is 55.5 Å². The maximum Gasteiger partial charge on any atom is 0.120 e. The molecule has 0 spiro atoms. The summed E-state index contributed by atoms with van der Waals surface area (Å²) in [5.74, 6) is 0.853. The van der Waals surface area contributed by atoms with Gasteiger partial charge in [-0.25, -0.2) is 0 Å². The monoisotopic (exact) mass is 257 g/mol. The van der Waals surface area contributed by atoms with Crippen LogP contribution in [0.15, 0.2) is 30.9 Å². The molecule has 4 heteroatoms. The Morgan fingerprint density at radius 1 is 1.41 bits per heavy atom. The number of halogens is 1. The van der Waals surface area contributed by atoms with Gasteiger partial charge >= 0.3 is 0 Å². The fourth-order valence-electron chi connectivity index (χ4n) is 1.34. The van der Waals surface area contributed by atoms with Gasteiger partial charge in [0.05, 0.1) is 6.04 Å². The van der Waals surface area contributed by atoms with Crippen LogP contribution in [0.25, 0.3) is 0 Å². The van der Waals surface area contributed by atoms with Crippen molar-refractivity contribution in [2.24, 2.45) is 5.73 Å². The van der Waals surface area contributed by atoms with Gasteiger partial charge in [0.25, 0.3) is 0 Å². The Kier molecular flexibility index (Phi) is 5.52. The molecular weight excluding hydrogens is 238 g/mol. The highest BCUT2D eigenvalue weighted by atomic mass is 35.5. The summed E-state index contributed by atoms with van der Waals surface area (Å²) in [5.41, 5.74) is 6.14. The lowest BCUT2D eigenvalue weighted by Gasteiger charge is -2.22. The molecule has 0 radical (unpaired) electrons. The van der Waals surface area contributed by atoms with E-state index in [0.29, 0.717) is 11.3 Å². The van der Waals surface area contributed by atoms with Crippen LogP contribution in [-0.4, -0.2) is 10.7 Å². The van der Waals surface area contributed by atoms with Crippen molar-refractivity contribution in [1.29, 1.82) is 0 Å². The van der Waals surface area contributed by atoms with E-state index in [1.807, 2.05) is 20.8 Å². The molecule has 0 aliphatic heterocycles. The molecule has 3 N–H and O–H groups in total. The number of ether oxygens (including phenoxy) is 1. The SMILES string of the molecule is C=C[C@H](N)c1cc(OC(C)(C)C)ccc1O.Cl. The summed E-state index contributed by atoms with van der Waals surface area (Å²) in [7, 11) is 0. The van der Waals surface area contributed by atoms with Crippen LogP contribution in [0.5, 0.6) is 11.5 Å². The summed E-state index contributed by atoms with van der Waals surface area (Å²) in [6.45, 7) is 9.50. The van der Waals surface area contributed by atoms with Gasteiger partial charge in [-0.1, -0.05) is 6.08 Å². The summed E-state index contributed by atoms with van der Waals surface area (Å²) < 4.78 is 5.69. The van der Waals surface area contributed by atoms with Crippen LogP contribution in [0, 0.1) is 0 Å². The Hall–Kier alpha value is -1.19. The van der Waals surface area contributed by atoms with Crippen LogP contribution < -0.4 is 10.5 Å². The molecule has 0 unspecified atom stereocenters. The molecule has 96 valence electrons. The van der Waals surface area contributed by atoms with Crippen LogP contribution in [-0.2, 0) is 0 Å². The summed E-state index contributed by atoms with van der Waals surface area (Å²) in [5, 5.41) is 9.65. The standard InChI is InChI=1S/C13H19NO2.ClH/c1-5-11(14)10-8-9(6-7-12(10)15)16-13(2,3)4;/h5-8,11,15H,1,14H2,2-4H3;1H/t11-;/m0./s1. The van der Waals surface area contributed by atoms with Crippen molar-refractivity contribution in [2.75, 3.05) is 0 Å². The minimum absolute atomic E-state index is 0. The second kappa shape index (κ2) is 5.94. The average Bonchev–Trinajstić information content (AvgIpc) is 2.18. The van der Waals surface area contributed by atoms with Crippen molar-refractivity contribution >= 4 is 12.4 Å². The number of nitrogens with two attached hydrogens (primary N) is 1. The fourth-order valence-corrected chi connectivity index (χ4v) is 1.34. The third-order valence-corrected chi connectivity index (χ3v) is 2.04. The van der Waals surface area contributed by atoms with Crippen LogP contribution >= 0.6 is 12.4 Å². The fraction of sp³-hybridized carbons (Fsp3) is 0.385. The largest absolute Gasteiger partial charge is 0.508 e. The molecule has 1 rings (SSSR count). The van der Waals surface area contributed by atoms with E-state index in [-0.39, 0.29) is 29.8 Å². The van der Waals surface area contributed by atoms with Gasteiger partial charge < -0.3 is 15.6 Å². The minimum atomic E-state index is -0.386. The lowest BCUT2D eigenvalue weighted by atomic mass is 10.1. The normalized spacial score (nSPS) is 12.5. The average molecular weight is 258 g/mol. The van der Waals surface area contributed by atoms with Crippen molar-refractivity contribution in [2.45, 2.75) is 32.4 Å². The van der Waals surface area contributed by atoms with Crippen molar-refractivity contribution in [3.05, 3.63) is 36.4 Å². The number of rotatable bonds is 3. The maximum absolute atomic E-state index is 9.65.